The second-order valence-corrected chi connectivity index (χ2v) is 6.61. The molecule has 3 rings (SSSR count). The summed E-state index contributed by atoms with van der Waals surface area (Å²) in [6.07, 6.45) is 1.73. The number of urea groups is 1. The number of amides is 3. The molecule has 0 aliphatic carbocycles. The van der Waals surface area contributed by atoms with Gasteiger partial charge in [0.05, 0.1) is 6.54 Å². The molecular formula is C18H15ClN4O2S. The zero-order valence-corrected chi connectivity index (χ0v) is 15.1. The molecule has 2 aromatic carbocycles. The average Bonchev–Trinajstić information content (AvgIpc) is 3.17. The van der Waals surface area contributed by atoms with E-state index in [9.17, 15) is 9.59 Å². The molecule has 26 heavy (non-hydrogen) atoms. The number of halogens is 1. The van der Waals surface area contributed by atoms with Crippen molar-refractivity contribution in [2.75, 3.05) is 17.2 Å². The van der Waals surface area contributed by atoms with Crippen molar-refractivity contribution < 1.29 is 9.59 Å². The SMILES string of the molecule is O=C(CNC(=O)Nc1cccc(-c2nccs2)c1)Nc1ccc(Cl)cc1. The minimum atomic E-state index is -0.465. The van der Waals surface area contributed by atoms with Gasteiger partial charge in [-0.1, -0.05) is 23.7 Å². The standard InChI is InChI=1S/C18H15ClN4O2S/c19-13-4-6-14(7-5-13)22-16(24)11-21-18(25)23-15-3-1-2-12(10-15)17-20-8-9-26-17/h1-10H,11H2,(H,22,24)(H2,21,23,25). The molecule has 8 heteroatoms. The van der Waals surface area contributed by atoms with Gasteiger partial charge in [0.25, 0.3) is 0 Å². The lowest BCUT2D eigenvalue weighted by molar-refractivity contribution is -0.115. The predicted octanol–water partition coefficient (Wildman–Crippen LogP) is 4.22. The molecule has 3 N–H and O–H groups in total. The number of carbonyl (C=O) groups excluding carboxylic acids is 2. The van der Waals surface area contributed by atoms with Crippen LogP contribution in [0.3, 0.4) is 0 Å². The summed E-state index contributed by atoms with van der Waals surface area (Å²) in [5.41, 5.74) is 2.14. The van der Waals surface area contributed by atoms with Crippen molar-refractivity contribution in [3.63, 3.8) is 0 Å². The molecule has 1 heterocycles. The molecule has 0 unspecified atom stereocenters. The van der Waals surface area contributed by atoms with Crippen LogP contribution in [-0.4, -0.2) is 23.5 Å². The Balaban J connectivity index is 1.50. The van der Waals surface area contributed by atoms with Crippen LogP contribution in [0.15, 0.2) is 60.1 Å². The third-order valence-electron chi connectivity index (χ3n) is 3.34. The van der Waals surface area contributed by atoms with Crippen molar-refractivity contribution in [1.29, 1.82) is 0 Å². The number of benzene rings is 2. The number of aromatic nitrogens is 1. The van der Waals surface area contributed by atoms with Crippen LogP contribution in [0.1, 0.15) is 0 Å². The molecule has 0 radical (unpaired) electrons. The third-order valence-corrected chi connectivity index (χ3v) is 4.41. The summed E-state index contributed by atoms with van der Waals surface area (Å²) in [5, 5.41) is 11.2. The van der Waals surface area contributed by atoms with Crippen LogP contribution in [0.4, 0.5) is 16.2 Å². The minimum absolute atomic E-state index is 0.152. The lowest BCUT2D eigenvalue weighted by atomic mass is 10.2. The quantitative estimate of drug-likeness (QED) is 0.613. The van der Waals surface area contributed by atoms with Crippen LogP contribution in [0, 0.1) is 0 Å². The fourth-order valence-corrected chi connectivity index (χ4v) is 2.93. The lowest BCUT2D eigenvalue weighted by Crippen LogP contribution is -2.35. The van der Waals surface area contributed by atoms with Gasteiger partial charge in [-0.2, -0.15) is 0 Å². The number of anilines is 2. The van der Waals surface area contributed by atoms with E-state index in [-0.39, 0.29) is 12.5 Å². The zero-order chi connectivity index (χ0) is 18.4. The Labute approximate surface area is 159 Å². The maximum Gasteiger partial charge on any atom is 0.319 e. The number of hydrogen-bond acceptors (Lipinski definition) is 4. The molecule has 0 bridgehead atoms. The first-order valence-electron chi connectivity index (χ1n) is 7.70. The van der Waals surface area contributed by atoms with E-state index >= 15 is 0 Å². The number of nitrogens with zero attached hydrogens (tertiary/aromatic N) is 1. The van der Waals surface area contributed by atoms with Crippen LogP contribution in [0.2, 0.25) is 5.02 Å². The Bertz CT molecular complexity index is 898. The molecule has 0 aliphatic rings. The van der Waals surface area contributed by atoms with E-state index in [0.29, 0.717) is 16.4 Å². The van der Waals surface area contributed by atoms with Gasteiger partial charge in [-0.3, -0.25) is 4.79 Å². The summed E-state index contributed by atoms with van der Waals surface area (Å²) in [7, 11) is 0. The molecule has 0 spiro atoms. The second-order valence-electron chi connectivity index (χ2n) is 5.28. The van der Waals surface area contributed by atoms with E-state index in [4.69, 9.17) is 11.6 Å². The van der Waals surface area contributed by atoms with Crippen molar-refractivity contribution in [3.8, 4) is 10.6 Å². The Kier molecular flexibility index (Phi) is 5.83. The number of rotatable bonds is 5. The largest absolute Gasteiger partial charge is 0.329 e. The van der Waals surface area contributed by atoms with Gasteiger partial charge < -0.3 is 16.0 Å². The summed E-state index contributed by atoms with van der Waals surface area (Å²) in [6, 6.07) is 13.6. The Morgan fingerprint density at radius 2 is 1.85 bits per heavy atom. The highest BCUT2D eigenvalue weighted by Crippen LogP contribution is 2.24. The van der Waals surface area contributed by atoms with Crippen molar-refractivity contribution >= 4 is 46.3 Å². The van der Waals surface area contributed by atoms with Gasteiger partial charge >= 0.3 is 6.03 Å². The molecule has 0 fully saturated rings. The summed E-state index contributed by atoms with van der Waals surface area (Å²) in [4.78, 5) is 28.1. The van der Waals surface area contributed by atoms with Crippen molar-refractivity contribution in [3.05, 3.63) is 65.1 Å². The predicted molar refractivity (Wildman–Crippen MR) is 105 cm³/mol. The molecule has 6 nitrogen and oxygen atoms in total. The van der Waals surface area contributed by atoms with E-state index in [0.717, 1.165) is 10.6 Å². The number of thiazole rings is 1. The van der Waals surface area contributed by atoms with Crippen molar-refractivity contribution in [1.82, 2.24) is 10.3 Å². The summed E-state index contributed by atoms with van der Waals surface area (Å²) in [6.45, 7) is -0.152. The molecule has 132 valence electrons. The van der Waals surface area contributed by atoms with E-state index < -0.39 is 6.03 Å². The average molecular weight is 387 g/mol. The molecule has 3 aromatic rings. The van der Waals surface area contributed by atoms with Crippen LogP contribution in [0.25, 0.3) is 10.6 Å². The Morgan fingerprint density at radius 1 is 1.04 bits per heavy atom. The number of hydrogen-bond donors (Lipinski definition) is 3. The van der Waals surface area contributed by atoms with Gasteiger partial charge in [-0.05, 0) is 36.4 Å². The zero-order valence-electron chi connectivity index (χ0n) is 13.5. The molecule has 0 saturated carbocycles. The smallest absolute Gasteiger partial charge is 0.319 e. The van der Waals surface area contributed by atoms with Crippen molar-refractivity contribution in [2.45, 2.75) is 0 Å². The first-order chi connectivity index (χ1) is 12.6. The van der Waals surface area contributed by atoms with Gasteiger partial charge in [-0.15, -0.1) is 11.3 Å². The first kappa shape index (κ1) is 17.9. The maximum absolute atomic E-state index is 12.0. The topological polar surface area (TPSA) is 83.1 Å². The highest BCUT2D eigenvalue weighted by atomic mass is 35.5. The minimum Gasteiger partial charge on any atom is -0.329 e. The fourth-order valence-electron chi connectivity index (χ4n) is 2.17. The number of carbonyl (C=O) groups is 2. The highest BCUT2D eigenvalue weighted by molar-refractivity contribution is 7.13. The summed E-state index contributed by atoms with van der Waals surface area (Å²) < 4.78 is 0. The van der Waals surface area contributed by atoms with E-state index in [1.54, 1.807) is 36.5 Å². The summed E-state index contributed by atoms with van der Waals surface area (Å²) >= 11 is 7.31. The lowest BCUT2D eigenvalue weighted by Gasteiger charge is -2.09. The fraction of sp³-hybridized carbons (Fsp3) is 0.0556. The van der Waals surface area contributed by atoms with Gasteiger partial charge in [0.2, 0.25) is 5.91 Å². The third kappa shape index (κ3) is 5.05. The van der Waals surface area contributed by atoms with E-state index in [1.165, 1.54) is 11.3 Å². The van der Waals surface area contributed by atoms with E-state index in [2.05, 4.69) is 20.9 Å². The number of nitrogens with one attached hydrogen (secondary N) is 3. The molecule has 1 aromatic heterocycles. The maximum atomic E-state index is 12.0. The van der Waals surface area contributed by atoms with Crippen LogP contribution >= 0.6 is 22.9 Å². The summed E-state index contributed by atoms with van der Waals surface area (Å²) in [5.74, 6) is -0.334. The van der Waals surface area contributed by atoms with Gasteiger partial charge in [0, 0.05) is 33.5 Å². The highest BCUT2D eigenvalue weighted by Gasteiger charge is 2.07. The van der Waals surface area contributed by atoms with Gasteiger partial charge in [0.1, 0.15) is 5.01 Å². The Morgan fingerprint density at radius 3 is 2.58 bits per heavy atom. The van der Waals surface area contributed by atoms with E-state index in [1.807, 2.05) is 23.6 Å². The van der Waals surface area contributed by atoms with Gasteiger partial charge in [-0.25, -0.2) is 9.78 Å². The monoisotopic (exact) mass is 386 g/mol. The van der Waals surface area contributed by atoms with Gasteiger partial charge in [0.15, 0.2) is 0 Å². The molecule has 0 aliphatic heterocycles. The first-order valence-corrected chi connectivity index (χ1v) is 8.96. The molecule has 0 atom stereocenters. The van der Waals surface area contributed by atoms with Crippen LogP contribution in [0.5, 0.6) is 0 Å². The normalized spacial score (nSPS) is 10.2. The molecule has 0 saturated heterocycles. The van der Waals surface area contributed by atoms with Crippen LogP contribution in [-0.2, 0) is 4.79 Å². The van der Waals surface area contributed by atoms with Crippen molar-refractivity contribution in [2.24, 2.45) is 0 Å². The van der Waals surface area contributed by atoms with Crippen LogP contribution < -0.4 is 16.0 Å². The second kappa shape index (κ2) is 8.46. The molecule has 3 amide bonds. The Hall–Kier alpha value is -2.90. The molecular weight excluding hydrogens is 372 g/mol.